The number of hydrogen-bond donors (Lipinski definition) is 1. The van der Waals surface area contributed by atoms with Crippen LogP contribution in [0.1, 0.15) is 11.3 Å². The topological polar surface area (TPSA) is 43.8 Å². The molecule has 0 aliphatic rings. The van der Waals surface area contributed by atoms with Crippen molar-refractivity contribution in [1.82, 2.24) is 9.78 Å². The third-order valence-corrected chi connectivity index (χ3v) is 2.95. The van der Waals surface area contributed by atoms with E-state index in [1.54, 1.807) is 29.9 Å². The van der Waals surface area contributed by atoms with Gasteiger partial charge in [0.15, 0.2) is 0 Å². The third kappa shape index (κ3) is 2.33. The first-order valence-corrected chi connectivity index (χ1v) is 5.71. The monoisotopic (exact) mass is 253 g/mol. The summed E-state index contributed by atoms with van der Waals surface area (Å²) in [6.07, 6.45) is 2.14. The number of nitrogens with zero attached hydrogens (tertiary/aromatic N) is 2. The molecule has 1 heterocycles. The predicted octanol–water partition coefficient (Wildman–Crippen LogP) is 2.47. The van der Waals surface area contributed by atoms with Gasteiger partial charge in [0, 0.05) is 11.8 Å². The van der Waals surface area contributed by atoms with Crippen molar-refractivity contribution in [2.24, 2.45) is 5.73 Å². The Labute approximate surface area is 104 Å². The molecule has 17 heavy (non-hydrogen) atoms. The first-order valence-electron chi connectivity index (χ1n) is 5.33. The molecule has 0 radical (unpaired) electrons. The summed E-state index contributed by atoms with van der Waals surface area (Å²) in [7, 11) is 0. The highest BCUT2D eigenvalue weighted by molar-refractivity contribution is 6.31. The minimum absolute atomic E-state index is 0.266. The van der Waals surface area contributed by atoms with Crippen molar-refractivity contribution in [3.8, 4) is 5.69 Å². The molecule has 0 aliphatic heterocycles. The highest BCUT2D eigenvalue weighted by Crippen LogP contribution is 2.21. The van der Waals surface area contributed by atoms with Crippen LogP contribution in [0.4, 0.5) is 4.39 Å². The van der Waals surface area contributed by atoms with Gasteiger partial charge in [0.25, 0.3) is 0 Å². The zero-order valence-electron chi connectivity index (χ0n) is 9.45. The van der Waals surface area contributed by atoms with Crippen LogP contribution < -0.4 is 5.73 Å². The summed E-state index contributed by atoms with van der Waals surface area (Å²) in [5, 5.41) is 4.80. The van der Waals surface area contributed by atoms with Gasteiger partial charge in [0.2, 0.25) is 0 Å². The first kappa shape index (κ1) is 12.1. The lowest BCUT2D eigenvalue weighted by Crippen LogP contribution is -2.09. The molecule has 5 heteroatoms. The molecule has 3 nitrogen and oxygen atoms in total. The van der Waals surface area contributed by atoms with E-state index in [4.69, 9.17) is 17.3 Å². The summed E-state index contributed by atoms with van der Waals surface area (Å²) >= 11 is 5.95. The molecule has 0 bridgehead atoms. The van der Waals surface area contributed by atoms with E-state index < -0.39 is 0 Å². The van der Waals surface area contributed by atoms with Crippen LogP contribution in [-0.2, 0) is 6.42 Å². The van der Waals surface area contributed by atoms with Crippen molar-refractivity contribution in [3.63, 3.8) is 0 Å². The maximum absolute atomic E-state index is 13.7. The van der Waals surface area contributed by atoms with E-state index in [1.165, 1.54) is 6.07 Å². The number of rotatable bonds is 3. The minimum Gasteiger partial charge on any atom is -0.330 e. The second kappa shape index (κ2) is 4.85. The third-order valence-electron chi connectivity index (χ3n) is 2.57. The molecule has 0 amide bonds. The molecule has 2 N–H and O–H groups in total. The number of aryl methyl sites for hydroxylation is 1. The lowest BCUT2D eigenvalue weighted by molar-refractivity contribution is 0.605. The van der Waals surface area contributed by atoms with Crippen LogP contribution in [0.5, 0.6) is 0 Å². The van der Waals surface area contributed by atoms with Crippen molar-refractivity contribution in [2.45, 2.75) is 13.3 Å². The van der Waals surface area contributed by atoms with Crippen LogP contribution in [-0.4, -0.2) is 16.3 Å². The molecule has 90 valence electrons. The lowest BCUT2D eigenvalue weighted by atomic mass is 10.1. The smallest absolute Gasteiger partial charge is 0.128 e. The van der Waals surface area contributed by atoms with Crippen molar-refractivity contribution in [1.29, 1.82) is 0 Å². The van der Waals surface area contributed by atoms with E-state index in [2.05, 4.69) is 5.10 Å². The number of benzene rings is 1. The Morgan fingerprint density at radius 1 is 1.47 bits per heavy atom. The van der Waals surface area contributed by atoms with E-state index in [1.807, 2.05) is 0 Å². The average Bonchev–Trinajstić information content (AvgIpc) is 2.62. The summed E-state index contributed by atoms with van der Waals surface area (Å²) in [6, 6.07) is 4.87. The molecule has 0 fully saturated rings. The van der Waals surface area contributed by atoms with E-state index >= 15 is 0 Å². The molecule has 1 aromatic heterocycles. The highest BCUT2D eigenvalue weighted by atomic mass is 35.5. The molecular formula is C12H13ClFN3. The highest BCUT2D eigenvalue weighted by Gasteiger charge is 2.11. The van der Waals surface area contributed by atoms with Crippen LogP contribution in [0, 0.1) is 12.7 Å². The molecular weight excluding hydrogens is 241 g/mol. The molecule has 2 rings (SSSR count). The standard InChI is InChI=1S/C12H13ClFN3/c1-8-10(13)7-17(16-8)12-4-2-3-11(14)9(12)5-6-15/h2-4,7H,5-6,15H2,1H3. The average molecular weight is 254 g/mol. The van der Waals surface area contributed by atoms with Gasteiger partial charge in [-0.15, -0.1) is 0 Å². The van der Waals surface area contributed by atoms with Gasteiger partial charge >= 0.3 is 0 Å². The summed E-state index contributed by atoms with van der Waals surface area (Å²) in [5.41, 5.74) is 7.46. The number of nitrogens with two attached hydrogens (primary N) is 1. The van der Waals surface area contributed by atoms with Gasteiger partial charge in [0.1, 0.15) is 5.82 Å². The summed E-state index contributed by atoms with van der Waals surface area (Å²) in [4.78, 5) is 0. The van der Waals surface area contributed by atoms with Crippen molar-refractivity contribution in [2.75, 3.05) is 6.54 Å². The van der Waals surface area contributed by atoms with E-state index in [9.17, 15) is 4.39 Å². The normalized spacial score (nSPS) is 10.8. The van der Waals surface area contributed by atoms with Gasteiger partial charge in [-0.2, -0.15) is 5.10 Å². The second-order valence-corrected chi connectivity index (χ2v) is 4.19. The first-order chi connectivity index (χ1) is 8.13. The Kier molecular flexibility index (Phi) is 3.45. The zero-order valence-corrected chi connectivity index (χ0v) is 10.2. The Hall–Kier alpha value is -1.39. The van der Waals surface area contributed by atoms with Gasteiger partial charge in [-0.25, -0.2) is 9.07 Å². The minimum atomic E-state index is -0.266. The van der Waals surface area contributed by atoms with Gasteiger partial charge in [0.05, 0.1) is 16.4 Å². The van der Waals surface area contributed by atoms with Gasteiger partial charge in [-0.05, 0) is 32.0 Å². The van der Waals surface area contributed by atoms with Crippen LogP contribution in [0.25, 0.3) is 5.69 Å². The zero-order chi connectivity index (χ0) is 12.4. The number of hydrogen-bond acceptors (Lipinski definition) is 2. The molecule has 0 aliphatic carbocycles. The Morgan fingerprint density at radius 2 is 2.24 bits per heavy atom. The van der Waals surface area contributed by atoms with Crippen LogP contribution >= 0.6 is 11.6 Å². The maximum atomic E-state index is 13.7. The van der Waals surface area contributed by atoms with Gasteiger partial charge in [-0.3, -0.25) is 0 Å². The fourth-order valence-corrected chi connectivity index (χ4v) is 1.85. The summed E-state index contributed by atoms with van der Waals surface area (Å²) < 4.78 is 15.3. The van der Waals surface area contributed by atoms with Crippen LogP contribution in [0.3, 0.4) is 0 Å². The molecule has 0 unspecified atom stereocenters. The quantitative estimate of drug-likeness (QED) is 0.913. The number of aromatic nitrogens is 2. The molecule has 2 aromatic rings. The Bertz CT molecular complexity index is 517. The number of halogens is 2. The molecule has 1 aromatic carbocycles. The molecule has 0 saturated carbocycles. The van der Waals surface area contributed by atoms with E-state index in [0.717, 1.165) is 5.69 Å². The Balaban J connectivity index is 2.54. The van der Waals surface area contributed by atoms with E-state index in [-0.39, 0.29) is 5.82 Å². The second-order valence-electron chi connectivity index (χ2n) is 3.78. The summed E-state index contributed by atoms with van der Waals surface area (Å²) in [6.45, 7) is 2.20. The molecule has 0 atom stereocenters. The largest absolute Gasteiger partial charge is 0.330 e. The van der Waals surface area contributed by atoms with Crippen molar-refractivity contribution >= 4 is 11.6 Å². The van der Waals surface area contributed by atoms with Crippen LogP contribution in [0.2, 0.25) is 5.02 Å². The van der Waals surface area contributed by atoms with Crippen molar-refractivity contribution in [3.05, 3.63) is 46.5 Å². The Morgan fingerprint density at radius 3 is 2.82 bits per heavy atom. The lowest BCUT2D eigenvalue weighted by Gasteiger charge is -2.09. The fraction of sp³-hybridized carbons (Fsp3) is 0.250. The fourth-order valence-electron chi connectivity index (χ4n) is 1.72. The maximum Gasteiger partial charge on any atom is 0.128 e. The van der Waals surface area contributed by atoms with Gasteiger partial charge < -0.3 is 5.73 Å². The SMILES string of the molecule is Cc1nn(-c2cccc(F)c2CCN)cc1Cl. The van der Waals surface area contributed by atoms with E-state index in [0.29, 0.717) is 29.2 Å². The molecule has 0 saturated heterocycles. The molecule has 0 spiro atoms. The van der Waals surface area contributed by atoms with Crippen LogP contribution in [0.15, 0.2) is 24.4 Å². The summed E-state index contributed by atoms with van der Waals surface area (Å²) in [5.74, 6) is -0.266. The predicted molar refractivity (Wildman–Crippen MR) is 66.0 cm³/mol. The van der Waals surface area contributed by atoms with Gasteiger partial charge in [-0.1, -0.05) is 17.7 Å². The van der Waals surface area contributed by atoms with Crippen molar-refractivity contribution < 1.29 is 4.39 Å².